The van der Waals surface area contributed by atoms with E-state index >= 15 is 0 Å². The predicted octanol–water partition coefficient (Wildman–Crippen LogP) is 4.15. The van der Waals surface area contributed by atoms with Gasteiger partial charge in [0.05, 0.1) is 28.3 Å². The van der Waals surface area contributed by atoms with Gasteiger partial charge in [-0.25, -0.2) is 4.98 Å². The summed E-state index contributed by atoms with van der Waals surface area (Å²) in [5.41, 5.74) is 15.9. The summed E-state index contributed by atoms with van der Waals surface area (Å²) in [6.07, 6.45) is 1.68. The number of hydrogen-bond donors (Lipinski definition) is 5. The SMILES string of the molecule is N=C(N)c1ccc(NCCN2CCC(NC(=O)c3cc4c(nc(N)c(=O)n4-c4ccc5c(c4)N(c4ccccc4)CCO5)s3)CC2)cc1. The van der Waals surface area contributed by atoms with Crippen LogP contribution in [-0.4, -0.2) is 71.6 Å². The summed E-state index contributed by atoms with van der Waals surface area (Å²) in [4.78, 5) is 36.8. The topological polar surface area (TPSA) is 168 Å². The normalized spacial score (nSPS) is 15.1. The number of ether oxygens (including phenoxy) is 1. The molecule has 1 amide bonds. The number of carbonyl (C=O) groups excluding carboxylic acids is 1. The van der Waals surface area contributed by atoms with Crippen LogP contribution < -0.4 is 37.3 Å². The molecule has 4 heterocycles. The van der Waals surface area contributed by atoms with Crippen molar-refractivity contribution in [3.05, 3.63) is 99.7 Å². The van der Waals surface area contributed by atoms with E-state index in [4.69, 9.17) is 21.6 Å². The Labute approximate surface area is 281 Å². The number of anilines is 4. The Morgan fingerprint density at radius 1 is 1.00 bits per heavy atom. The first kappa shape index (κ1) is 31.2. The molecule has 7 rings (SSSR count). The number of nitrogens with two attached hydrogens (primary N) is 2. The molecule has 0 atom stereocenters. The number of carbonyl (C=O) groups is 1. The number of aromatic nitrogens is 2. The van der Waals surface area contributed by atoms with Crippen molar-refractivity contribution in [2.24, 2.45) is 5.73 Å². The summed E-state index contributed by atoms with van der Waals surface area (Å²) in [5.74, 6) is 0.481. The Morgan fingerprint density at radius 2 is 1.77 bits per heavy atom. The molecule has 0 radical (unpaired) electrons. The van der Waals surface area contributed by atoms with Crippen LogP contribution in [0.1, 0.15) is 28.1 Å². The number of thiophene rings is 1. The maximum atomic E-state index is 13.5. The first-order chi connectivity index (χ1) is 23.3. The van der Waals surface area contributed by atoms with Crippen LogP contribution in [0, 0.1) is 5.41 Å². The van der Waals surface area contributed by atoms with E-state index in [2.05, 4.69) is 25.4 Å². The molecule has 2 aromatic heterocycles. The molecule has 0 aliphatic carbocycles. The van der Waals surface area contributed by atoms with Crippen molar-refractivity contribution in [3.63, 3.8) is 0 Å². The van der Waals surface area contributed by atoms with E-state index in [1.165, 1.54) is 15.9 Å². The van der Waals surface area contributed by atoms with Crippen LogP contribution in [0.3, 0.4) is 0 Å². The van der Waals surface area contributed by atoms with E-state index in [-0.39, 0.29) is 23.6 Å². The van der Waals surface area contributed by atoms with Crippen LogP contribution >= 0.6 is 11.3 Å². The highest BCUT2D eigenvalue weighted by molar-refractivity contribution is 7.20. The van der Waals surface area contributed by atoms with Gasteiger partial charge in [-0.1, -0.05) is 18.2 Å². The summed E-state index contributed by atoms with van der Waals surface area (Å²) in [7, 11) is 0. The Morgan fingerprint density at radius 3 is 2.52 bits per heavy atom. The second-order valence-electron chi connectivity index (χ2n) is 11.9. The van der Waals surface area contributed by atoms with Crippen LogP contribution in [0.5, 0.6) is 5.75 Å². The number of benzene rings is 3. The Kier molecular flexibility index (Phi) is 8.70. The summed E-state index contributed by atoms with van der Waals surface area (Å²) in [6.45, 7) is 4.64. The first-order valence-electron chi connectivity index (χ1n) is 16.0. The van der Waals surface area contributed by atoms with E-state index in [1.54, 1.807) is 6.07 Å². The summed E-state index contributed by atoms with van der Waals surface area (Å²) in [5, 5.41) is 14.1. The number of para-hydroxylation sites is 1. The molecule has 7 N–H and O–H groups in total. The van der Waals surface area contributed by atoms with Crippen molar-refractivity contribution in [1.82, 2.24) is 19.8 Å². The lowest BCUT2D eigenvalue weighted by atomic mass is 10.0. The molecule has 1 saturated heterocycles. The maximum absolute atomic E-state index is 13.5. The molecule has 13 heteroatoms. The lowest BCUT2D eigenvalue weighted by molar-refractivity contribution is 0.0916. The number of amidine groups is 1. The number of fused-ring (bicyclic) bond motifs is 2. The molecule has 0 bridgehead atoms. The fraction of sp³-hybridized carbons (Fsp3) is 0.257. The first-order valence-corrected chi connectivity index (χ1v) is 16.8. The minimum absolute atomic E-state index is 0.0517. The van der Waals surface area contributed by atoms with Gasteiger partial charge in [-0.2, -0.15) is 0 Å². The summed E-state index contributed by atoms with van der Waals surface area (Å²) >= 11 is 1.23. The van der Waals surface area contributed by atoms with Crippen molar-refractivity contribution in [2.45, 2.75) is 18.9 Å². The molecule has 1 fully saturated rings. The van der Waals surface area contributed by atoms with E-state index in [1.807, 2.05) is 72.8 Å². The molecular weight excluding hydrogens is 627 g/mol. The zero-order valence-electron chi connectivity index (χ0n) is 26.3. The van der Waals surface area contributed by atoms with Crippen molar-refractivity contribution >= 4 is 56.3 Å². The van der Waals surface area contributed by atoms with Crippen molar-refractivity contribution in [2.75, 3.05) is 55.3 Å². The number of amides is 1. The maximum Gasteiger partial charge on any atom is 0.298 e. The smallest absolute Gasteiger partial charge is 0.298 e. The lowest BCUT2D eigenvalue weighted by Gasteiger charge is -2.32. The molecule has 0 spiro atoms. The molecule has 2 aliphatic heterocycles. The van der Waals surface area contributed by atoms with Crippen LogP contribution in [0.15, 0.2) is 83.7 Å². The highest BCUT2D eigenvalue weighted by Crippen LogP contribution is 2.38. The standard InChI is InChI=1S/C35H37N9O3S/c36-31(37)22-6-8-23(9-7-22)39-14-17-42-15-12-24(13-16-42)40-33(45)30-21-28-34(48-30)41-32(38)35(46)44(28)26-10-11-29-27(20-26)43(18-19-47-29)25-4-2-1-3-5-25/h1-11,20-21,24,39H,12-19H2,(H3,36,37)(H2,38,41)(H,40,45). The molecule has 2 aliphatic rings. The number of nitrogens with one attached hydrogen (secondary N) is 3. The minimum Gasteiger partial charge on any atom is -0.490 e. The van der Waals surface area contributed by atoms with Crippen LogP contribution in [-0.2, 0) is 0 Å². The molecule has 0 saturated carbocycles. The van der Waals surface area contributed by atoms with Gasteiger partial charge in [0.2, 0.25) is 0 Å². The molecular formula is C35H37N9O3S. The second kappa shape index (κ2) is 13.4. The van der Waals surface area contributed by atoms with E-state index in [9.17, 15) is 9.59 Å². The van der Waals surface area contributed by atoms with Crippen LogP contribution in [0.2, 0.25) is 0 Å². The third kappa shape index (κ3) is 6.42. The molecule has 3 aromatic carbocycles. The number of hydrogen-bond acceptors (Lipinski definition) is 10. The third-order valence-corrected chi connectivity index (χ3v) is 9.83. The molecule has 0 unspecified atom stereocenters. The molecule has 5 aromatic rings. The van der Waals surface area contributed by atoms with E-state index < -0.39 is 5.56 Å². The number of nitrogen functional groups attached to an aromatic ring is 2. The number of rotatable bonds is 9. The summed E-state index contributed by atoms with van der Waals surface area (Å²) < 4.78 is 7.47. The van der Waals surface area contributed by atoms with Gasteiger partial charge in [-0.3, -0.25) is 19.6 Å². The van der Waals surface area contributed by atoms with Gasteiger partial charge in [-0.15, -0.1) is 11.3 Å². The minimum atomic E-state index is -0.440. The average molecular weight is 664 g/mol. The highest BCUT2D eigenvalue weighted by Gasteiger charge is 2.25. The third-order valence-electron chi connectivity index (χ3n) is 8.81. The van der Waals surface area contributed by atoms with E-state index in [0.717, 1.165) is 61.8 Å². The van der Waals surface area contributed by atoms with Gasteiger partial charge in [-0.05, 0) is 73.5 Å². The second-order valence-corrected chi connectivity index (χ2v) is 13.0. The number of likely N-dealkylation sites (tertiary alicyclic amines) is 1. The zero-order valence-corrected chi connectivity index (χ0v) is 27.1. The Hall–Kier alpha value is -5.40. The average Bonchev–Trinajstić information content (AvgIpc) is 3.53. The summed E-state index contributed by atoms with van der Waals surface area (Å²) in [6, 6.07) is 25.0. The van der Waals surface area contributed by atoms with Gasteiger partial charge < -0.3 is 36.6 Å². The number of nitrogens with zero attached hydrogens (tertiary/aromatic N) is 4. The van der Waals surface area contributed by atoms with Crippen molar-refractivity contribution in [3.8, 4) is 11.4 Å². The quantitative estimate of drug-likeness (QED) is 0.115. The Bertz CT molecular complexity index is 2020. The highest BCUT2D eigenvalue weighted by atomic mass is 32.1. The van der Waals surface area contributed by atoms with E-state index in [0.29, 0.717) is 39.6 Å². The monoisotopic (exact) mass is 663 g/mol. The van der Waals surface area contributed by atoms with Crippen molar-refractivity contribution in [1.29, 1.82) is 5.41 Å². The van der Waals surface area contributed by atoms with Crippen LogP contribution in [0.4, 0.5) is 22.9 Å². The molecule has 12 nitrogen and oxygen atoms in total. The van der Waals surface area contributed by atoms with Crippen molar-refractivity contribution < 1.29 is 9.53 Å². The van der Waals surface area contributed by atoms with Gasteiger partial charge >= 0.3 is 0 Å². The number of piperidine rings is 1. The van der Waals surface area contributed by atoms with Gasteiger partial charge in [0, 0.05) is 49.2 Å². The predicted molar refractivity (Wildman–Crippen MR) is 191 cm³/mol. The molecule has 246 valence electrons. The zero-order chi connectivity index (χ0) is 33.2. The molecule has 48 heavy (non-hydrogen) atoms. The Balaban J connectivity index is 1.02. The van der Waals surface area contributed by atoms with Crippen LogP contribution in [0.25, 0.3) is 16.0 Å². The fourth-order valence-electron chi connectivity index (χ4n) is 6.27. The largest absolute Gasteiger partial charge is 0.490 e. The lowest BCUT2D eigenvalue weighted by Crippen LogP contribution is -2.45. The van der Waals surface area contributed by atoms with Gasteiger partial charge in [0.1, 0.15) is 23.0 Å². The van der Waals surface area contributed by atoms with Gasteiger partial charge in [0.25, 0.3) is 11.5 Å². The fourth-order valence-corrected chi connectivity index (χ4v) is 7.20. The van der Waals surface area contributed by atoms with Gasteiger partial charge in [0.15, 0.2) is 5.82 Å².